The van der Waals surface area contributed by atoms with E-state index in [1.807, 2.05) is 0 Å². The molecule has 17 nitrogen and oxygen atoms in total. The largest absolute Gasteiger partial charge is 0.444 e. The van der Waals surface area contributed by atoms with Gasteiger partial charge in [-0.1, -0.05) is 0 Å². The number of fused-ring (bicyclic) bond motifs is 3. The molecule has 0 aliphatic carbocycles. The Balaban J connectivity index is 2.09. The van der Waals surface area contributed by atoms with Crippen molar-refractivity contribution >= 4 is 52.0 Å². The first-order valence-corrected chi connectivity index (χ1v) is 14.5. The van der Waals surface area contributed by atoms with Gasteiger partial charge in [-0.3, -0.25) is 9.88 Å². The summed E-state index contributed by atoms with van der Waals surface area (Å²) in [4.78, 5) is 58.1. The first-order valence-electron chi connectivity index (χ1n) is 14.5. The number of carbonyl (C=O) groups excluding carboxylic acids is 3. The highest BCUT2D eigenvalue weighted by molar-refractivity contribution is 6.22. The van der Waals surface area contributed by atoms with Gasteiger partial charge in [0.25, 0.3) is 0 Å². The molecule has 0 spiro atoms. The zero-order valence-corrected chi connectivity index (χ0v) is 27.5. The molecule has 0 bridgehead atoms. The summed E-state index contributed by atoms with van der Waals surface area (Å²) in [7, 11) is 0. The van der Waals surface area contributed by atoms with Crippen LogP contribution in [0.15, 0.2) is 12.7 Å². The van der Waals surface area contributed by atoms with Gasteiger partial charge in [0.15, 0.2) is 12.0 Å². The number of nitrogens with zero attached hydrogens (tertiary/aromatic N) is 6. The third-order valence-corrected chi connectivity index (χ3v) is 6.49. The Morgan fingerprint density at radius 2 is 1.39 bits per heavy atom. The molecule has 0 saturated carbocycles. The van der Waals surface area contributed by atoms with E-state index in [1.54, 1.807) is 62.3 Å². The van der Waals surface area contributed by atoms with Gasteiger partial charge >= 0.3 is 18.3 Å². The van der Waals surface area contributed by atoms with Crippen LogP contribution >= 0.6 is 0 Å². The minimum Gasteiger partial charge on any atom is -0.444 e. The third-order valence-electron chi connectivity index (χ3n) is 6.49. The predicted molar refractivity (Wildman–Crippen MR) is 163 cm³/mol. The van der Waals surface area contributed by atoms with Gasteiger partial charge in [-0.05, 0) is 69.2 Å². The van der Waals surface area contributed by atoms with Crippen LogP contribution in [0, 0.1) is 0 Å². The second-order valence-electron chi connectivity index (χ2n) is 14.0. The van der Waals surface area contributed by atoms with E-state index in [9.17, 15) is 29.7 Å². The molecule has 1 aliphatic rings. The SMILES string of the molecule is CC(C)(C)OC(=O)Nc1ncnc2c1c1c(N(C(=O)OC(C)(C)C)C(=O)OC(C)(C)C)ncnc1n2[C@@H]1O[C@H](CO)[C@@H](O)[C@@]1(C)O. The van der Waals surface area contributed by atoms with Gasteiger partial charge in [-0.25, -0.2) is 34.3 Å². The standard InChI is InChI=1S/C29H41N7O10/c1-26(2,3)44-23(39)34-18-15-16-20(35(19(15)31-12-30-18)22-29(10,42)17(38)14(11-37)43-22)32-13-33-21(16)36(24(40)45-27(4,5)6)25(41)46-28(7,8)9/h12-14,17,22,37-38,42H,11H2,1-10H3,(H,30,31,34,39)/t14-,17-,22-,29-/m1/s1. The highest BCUT2D eigenvalue weighted by atomic mass is 16.6. The number of anilines is 2. The monoisotopic (exact) mass is 647 g/mol. The molecule has 252 valence electrons. The van der Waals surface area contributed by atoms with Crippen molar-refractivity contribution in [2.45, 2.75) is 110 Å². The number of rotatable bonds is 4. The molecule has 0 unspecified atom stereocenters. The summed E-state index contributed by atoms with van der Waals surface area (Å²) in [5, 5.41) is 34.6. The van der Waals surface area contributed by atoms with Crippen molar-refractivity contribution in [3.8, 4) is 0 Å². The molecular weight excluding hydrogens is 606 g/mol. The van der Waals surface area contributed by atoms with Gasteiger partial charge in [0.1, 0.15) is 64.4 Å². The quantitative estimate of drug-likeness (QED) is 0.298. The summed E-state index contributed by atoms with van der Waals surface area (Å²) in [6, 6.07) is 0. The van der Waals surface area contributed by atoms with E-state index in [0.717, 1.165) is 12.7 Å². The van der Waals surface area contributed by atoms with Gasteiger partial charge in [0.05, 0.1) is 17.4 Å². The molecule has 4 atom stereocenters. The number of nitrogens with one attached hydrogen (secondary N) is 1. The second kappa shape index (κ2) is 11.9. The van der Waals surface area contributed by atoms with E-state index in [2.05, 4.69) is 25.3 Å². The second-order valence-corrected chi connectivity index (χ2v) is 14.0. The molecule has 1 fully saturated rings. The van der Waals surface area contributed by atoms with Crippen molar-refractivity contribution in [1.29, 1.82) is 0 Å². The zero-order valence-electron chi connectivity index (χ0n) is 27.5. The van der Waals surface area contributed by atoms with E-state index in [4.69, 9.17) is 18.9 Å². The molecule has 4 rings (SSSR count). The van der Waals surface area contributed by atoms with Crippen LogP contribution in [0.1, 0.15) is 75.5 Å². The van der Waals surface area contributed by atoms with Crippen LogP contribution in [-0.2, 0) is 18.9 Å². The maximum Gasteiger partial charge on any atom is 0.425 e. The summed E-state index contributed by atoms with van der Waals surface area (Å²) in [5.41, 5.74) is -5.06. The number of ether oxygens (including phenoxy) is 4. The minimum atomic E-state index is -2.02. The van der Waals surface area contributed by atoms with E-state index >= 15 is 0 Å². The lowest BCUT2D eigenvalue weighted by Crippen LogP contribution is -2.44. The van der Waals surface area contributed by atoms with Crippen molar-refractivity contribution in [2.75, 3.05) is 16.8 Å². The molecule has 3 aromatic heterocycles. The Morgan fingerprint density at radius 1 is 0.891 bits per heavy atom. The first-order chi connectivity index (χ1) is 21.1. The van der Waals surface area contributed by atoms with Crippen LogP contribution in [0.5, 0.6) is 0 Å². The maximum atomic E-state index is 13.7. The highest BCUT2D eigenvalue weighted by Gasteiger charge is 2.54. The summed E-state index contributed by atoms with van der Waals surface area (Å²) in [6.07, 6.45) is -5.17. The normalized spacial score (nSPS) is 22.2. The summed E-state index contributed by atoms with van der Waals surface area (Å²) < 4.78 is 23.7. The van der Waals surface area contributed by atoms with Crippen LogP contribution in [0.4, 0.5) is 26.0 Å². The molecular formula is C29H41N7O10. The Labute approximate surface area is 264 Å². The molecule has 3 aromatic rings. The molecule has 0 radical (unpaired) electrons. The number of aromatic nitrogens is 5. The van der Waals surface area contributed by atoms with Crippen molar-refractivity contribution in [2.24, 2.45) is 0 Å². The van der Waals surface area contributed by atoms with E-state index < -0.39 is 65.7 Å². The fraction of sp³-hybridized carbons (Fsp3) is 0.621. The number of aliphatic hydroxyl groups is 3. The average molecular weight is 648 g/mol. The Hall–Kier alpha value is -4.19. The molecule has 1 aliphatic heterocycles. The highest BCUT2D eigenvalue weighted by Crippen LogP contribution is 2.45. The van der Waals surface area contributed by atoms with E-state index in [1.165, 1.54) is 11.5 Å². The fourth-order valence-corrected chi connectivity index (χ4v) is 4.78. The van der Waals surface area contributed by atoms with Gasteiger partial charge in [-0.2, -0.15) is 4.90 Å². The number of amides is 3. The average Bonchev–Trinajstić information content (AvgIpc) is 3.32. The lowest BCUT2D eigenvalue weighted by Gasteiger charge is -2.29. The number of imide groups is 1. The van der Waals surface area contributed by atoms with Crippen LogP contribution < -0.4 is 10.2 Å². The Bertz CT molecular complexity index is 1620. The van der Waals surface area contributed by atoms with Gasteiger partial charge in [0, 0.05) is 0 Å². The summed E-state index contributed by atoms with van der Waals surface area (Å²) in [5.74, 6) is -0.472. The van der Waals surface area contributed by atoms with Crippen LogP contribution in [-0.4, -0.2) is 99.3 Å². The molecule has 17 heteroatoms. The van der Waals surface area contributed by atoms with Crippen molar-refractivity contribution in [3.63, 3.8) is 0 Å². The lowest BCUT2D eigenvalue weighted by atomic mass is 9.96. The molecule has 46 heavy (non-hydrogen) atoms. The number of hydrogen-bond acceptors (Lipinski definition) is 14. The van der Waals surface area contributed by atoms with Gasteiger partial charge in [-0.15, -0.1) is 0 Å². The van der Waals surface area contributed by atoms with Crippen LogP contribution in [0.25, 0.3) is 22.1 Å². The number of aliphatic hydroxyl groups excluding tert-OH is 2. The number of carbonyl (C=O) groups is 3. The maximum absolute atomic E-state index is 13.7. The molecule has 4 heterocycles. The third kappa shape index (κ3) is 6.96. The van der Waals surface area contributed by atoms with Gasteiger partial charge in [0.2, 0.25) is 0 Å². The minimum absolute atomic E-state index is 0.0115. The summed E-state index contributed by atoms with van der Waals surface area (Å²) >= 11 is 0. The number of hydrogen-bond donors (Lipinski definition) is 4. The van der Waals surface area contributed by atoms with E-state index in [0.29, 0.717) is 4.90 Å². The molecule has 4 N–H and O–H groups in total. The zero-order chi connectivity index (χ0) is 34.6. The topological polar surface area (TPSA) is 221 Å². The first kappa shape index (κ1) is 34.7. The van der Waals surface area contributed by atoms with Crippen LogP contribution in [0.2, 0.25) is 0 Å². The Morgan fingerprint density at radius 3 is 1.87 bits per heavy atom. The van der Waals surface area contributed by atoms with Crippen LogP contribution in [0.3, 0.4) is 0 Å². The Kier molecular flexibility index (Phi) is 8.95. The van der Waals surface area contributed by atoms with Crippen molar-refractivity contribution in [1.82, 2.24) is 24.5 Å². The smallest absolute Gasteiger partial charge is 0.425 e. The summed E-state index contributed by atoms with van der Waals surface area (Å²) in [6.45, 7) is 15.3. The molecule has 0 aromatic carbocycles. The van der Waals surface area contributed by atoms with Crippen molar-refractivity contribution in [3.05, 3.63) is 12.7 Å². The fourth-order valence-electron chi connectivity index (χ4n) is 4.78. The predicted octanol–water partition coefficient (Wildman–Crippen LogP) is 3.40. The van der Waals surface area contributed by atoms with Crippen molar-refractivity contribution < 1.29 is 48.7 Å². The van der Waals surface area contributed by atoms with Gasteiger partial charge < -0.3 is 34.3 Å². The van der Waals surface area contributed by atoms with E-state index in [-0.39, 0.29) is 33.7 Å². The lowest BCUT2D eigenvalue weighted by molar-refractivity contribution is -0.0932. The molecule has 1 saturated heterocycles. The molecule has 3 amide bonds.